The summed E-state index contributed by atoms with van der Waals surface area (Å²) in [7, 11) is 0. The van der Waals surface area contributed by atoms with E-state index in [0.717, 1.165) is 23.2 Å². The van der Waals surface area contributed by atoms with Crippen molar-refractivity contribution in [3.63, 3.8) is 0 Å². The Kier molecular flexibility index (Phi) is 4.23. The van der Waals surface area contributed by atoms with Gasteiger partial charge in [0.1, 0.15) is 0 Å². The molecular formula is C22H19N3O. The van der Waals surface area contributed by atoms with Crippen molar-refractivity contribution in [3.05, 3.63) is 95.9 Å². The molecule has 2 N–H and O–H groups in total. The third-order valence-corrected chi connectivity index (χ3v) is 4.61. The fourth-order valence-corrected chi connectivity index (χ4v) is 3.13. The molecule has 4 aromatic rings. The minimum Gasteiger partial charge on any atom is -0.398 e. The largest absolute Gasteiger partial charge is 0.398 e. The highest BCUT2D eigenvalue weighted by molar-refractivity contribution is 5.98. The maximum Gasteiger partial charge on any atom is 0.167 e. The lowest BCUT2D eigenvalue weighted by atomic mass is 10.0. The lowest BCUT2D eigenvalue weighted by Gasteiger charge is -2.08. The first-order chi connectivity index (χ1) is 12.7. The van der Waals surface area contributed by atoms with Crippen molar-refractivity contribution < 1.29 is 4.79 Å². The summed E-state index contributed by atoms with van der Waals surface area (Å²) >= 11 is 0. The lowest BCUT2D eigenvalue weighted by molar-refractivity contribution is 0.0993. The van der Waals surface area contributed by atoms with E-state index in [4.69, 9.17) is 5.73 Å². The Morgan fingerprint density at radius 1 is 1.00 bits per heavy atom. The lowest BCUT2D eigenvalue weighted by Crippen LogP contribution is -2.06. The van der Waals surface area contributed by atoms with Crippen molar-refractivity contribution in [2.75, 3.05) is 5.73 Å². The van der Waals surface area contributed by atoms with Crippen LogP contribution in [0, 0.1) is 0 Å². The number of nitrogens with zero attached hydrogens (tertiary/aromatic N) is 2. The number of rotatable bonds is 5. The molecule has 4 nitrogen and oxygen atoms in total. The molecule has 2 aromatic heterocycles. The van der Waals surface area contributed by atoms with Gasteiger partial charge in [0, 0.05) is 42.0 Å². The van der Waals surface area contributed by atoms with E-state index in [1.165, 1.54) is 5.39 Å². The second-order valence-corrected chi connectivity index (χ2v) is 6.37. The molecule has 0 aliphatic carbocycles. The van der Waals surface area contributed by atoms with Crippen LogP contribution in [0.2, 0.25) is 0 Å². The SMILES string of the molecule is Nc1ccccc1CC(=O)c1ccc(Cn2ccc3ccncc32)cc1. The third kappa shape index (κ3) is 3.22. The minimum atomic E-state index is 0.0741. The number of carbonyl (C=O) groups excluding carboxylic acids is 1. The van der Waals surface area contributed by atoms with Gasteiger partial charge in [0.05, 0.1) is 11.7 Å². The van der Waals surface area contributed by atoms with Gasteiger partial charge < -0.3 is 10.3 Å². The number of nitrogens with two attached hydrogens (primary N) is 1. The predicted octanol–water partition coefficient (Wildman–Crippen LogP) is 4.09. The van der Waals surface area contributed by atoms with Crippen molar-refractivity contribution >= 4 is 22.4 Å². The maximum atomic E-state index is 12.5. The topological polar surface area (TPSA) is 60.9 Å². The molecule has 0 bridgehead atoms. The van der Waals surface area contributed by atoms with Crippen LogP contribution in [0.5, 0.6) is 0 Å². The van der Waals surface area contributed by atoms with Crippen molar-refractivity contribution in [1.29, 1.82) is 0 Å². The average molecular weight is 341 g/mol. The Morgan fingerprint density at radius 2 is 1.81 bits per heavy atom. The van der Waals surface area contributed by atoms with Crippen molar-refractivity contribution in [1.82, 2.24) is 9.55 Å². The second-order valence-electron chi connectivity index (χ2n) is 6.37. The maximum absolute atomic E-state index is 12.5. The number of Topliss-reactive ketones (excluding diaryl/α,β-unsaturated/α-hetero) is 1. The van der Waals surface area contributed by atoms with Gasteiger partial charge in [-0.15, -0.1) is 0 Å². The summed E-state index contributed by atoms with van der Waals surface area (Å²) in [5.41, 5.74) is 10.4. The zero-order chi connectivity index (χ0) is 17.9. The molecule has 0 saturated heterocycles. The number of pyridine rings is 1. The van der Waals surface area contributed by atoms with E-state index in [0.29, 0.717) is 17.7 Å². The van der Waals surface area contributed by atoms with Gasteiger partial charge in [-0.3, -0.25) is 9.78 Å². The first-order valence-corrected chi connectivity index (χ1v) is 8.55. The van der Waals surface area contributed by atoms with E-state index in [1.807, 2.05) is 60.8 Å². The molecule has 4 heteroatoms. The number of para-hydroxylation sites is 1. The predicted molar refractivity (Wildman–Crippen MR) is 104 cm³/mol. The fraction of sp³-hybridized carbons (Fsp3) is 0.0909. The molecule has 0 saturated carbocycles. The zero-order valence-corrected chi connectivity index (χ0v) is 14.3. The van der Waals surface area contributed by atoms with Gasteiger partial charge in [0.25, 0.3) is 0 Å². The Morgan fingerprint density at radius 3 is 2.62 bits per heavy atom. The monoisotopic (exact) mass is 341 g/mol. The second kappa shape index (κ2) is 6.84. The van der Waals surface area contributed by atoms with Gasteiger partial charge >= 0.3 is 0 Å². The minimum absolute atomic E-state index is 0.0741. The van der Waals surface area contributed by atoms with Crippen molar-refractivity contribution in [3.8, 4) is 0 Å². The van der Waals surface area contributed by atoms with Crippen LogP contribution in [0.1, 0.15) is 21.5 Å². The molecule has 0 amide bonds. The van der Waals surface area contributed by atoms with Gasteiger partial charge in [0.2, 0.25) is 0 Å². The molecule has 128 valence electrons. The van der Waals surface area contributed by atoms with Crippen LogP contribution in [0.3, 0.4) is 0 Å². The van der Waals surface area contributed by atoms with Crippen LogP contribution in [-0.2, 0) is 13.0 Å². The standard InChI is InChI=1S/C22H19N3O/c23-20-4-2-1-3-19(20)13-22(26)18-7-5-16(6-8-18)15-25-12-10-17-9-11-24-14-21(17)25/h1-12,14H,13,15,23H2. The molecule has 0 aliphatic rings. The highest BCUT2D eigenvalue weighted by Gasteiger charge is 2.09. The Bertz CT molecular complexity index is 1060. The highest BCUT2D eigenvalue weighted by atomic mass is 16.1. The average Bonchev–Trinajstić information content (AvgIpc) is 3.07. The molecule has 0 spiro atoms. The molecular weight excluding hydrogens is 322 g/mol. The number of ketones is 1. The van der Waals surface area contributed by atoms with Crippen LogP contribution in [0.4, 0.5) is 5.69 Å². The van der Waals surface area contributed by atoms with E-state index < -0.39 is 0 Å². The van der Waals surface area contributed by atoms with Crippen LogP contribution in [0.25, 0.3) is 10.9 Å². The molecule has 2 aromatic carbocycles. The third-order valence-electron chi connectivity index (χ3n) is 4.61. The van der Waals surface area contributed by atoms with E-state index in [2.05, 4.69) is 21.8 Å². The molecule has 0 aliphatic heterocycles. The van der Waals surface area contributed by atoms with Crippen LogP contribution < -0.4 is 5.73 Å². The number of anilines is 1. The number of hydrogen-bond donors (Lipinski definition) is 1. The molecule has 0 radical (unpaired) electrons. The van der Waals surface area contributed by atoms with Gasteiger partial charge in [-0.2, -0.15) is 0 Å². The molecule has 0 fully saturated rings. The normalized spacial score (nSPS) is 10.9. The summed E-state index contributed by atoms with van der Waals surface area (Å²) < 4.78 is 2.16. The van der Waals surface area contributed by atoms with Gasteiger partial charge in [-0.1, -0.05) is 42.5 Å². The number of fused-ring (bicyclic) bond motifs is 1. The van der Waals surface area contributed by atoms with Crippen LogP contribution in [-0.4, -0.2) is 15.3 Å². The Labute approximate surface area is 151 Å². The Hall–Kier alpha value is -3.40. The summed E-state index contributed by atoms with van der Waals surface area (Å²) in [4.78, 5) is 16.7. The summed E-state index contributed by atoms with van der Waals surface area (Å²) in [6.45, 7) is 0.745. The first kappa shape index (κ1) is 16.1. The van der Waals surface area contributed by atoms with E-state index in [-0.39, 0.29) is 5.78 Å². The van der Waals surface area contributed by atoms with Gasteiger partial charge in [-0.25, -0.2) is 0 Å². The molecule has 0 unspecified atom stereocenters. The molecule has 2 heterocycles. The van der Waals surface area contributed by atoms with Gasteiger partial charge in [-0.05, 0) is 29.3 Å². The van der Waals surface area contributed by atoms with Crippen LogP contribution >= 0.6 is 0 Å². The number of aromatic nitrogens is 2. The smallest absolute Gasteiger partial charge is 0.167 e. The van der Waals surface area contributed by atoms with Crippen molar-refractivity contribution in [2.24, 2.45) is 0 Å². The molecule has 26 heavy (non-hydrogen) atoms. The molecule has 0 atom stereocenters. The number of benzene rings is 2. The van der Waals surface area contributed by atoms with Crippen molar-refractivity contribution in [2.45, 2.75) is 13.0 Å². The summed E-state index contributed by atoms with van der Waals surface area (Å²) in [6.07, 6.45) is 6.05. The zero-order valence-electron chi connectivity index (χ0n) is 14.3. The van der Waals surface area contributed by atoms with E-state index in [1.54, 1.807) is 6.20 Å². The number of hydrogen-bond acceptors (Lipinski definition) is 3. The van der Waals surface area contributed by atoms with E-state index in [9.17, 15) is 4.79 Å². The van der Waals surface area contributed by atoms with Gasteiger partial charge in [0.15, 0.2) is 5.78 Å². The first-order valence-electron chi connectivity index (χ1n) is 8.55. The van der Waals surface area contributed by atoms with Crippen LogP contribution in [0.15, 0.2) is 79.3 Å². The summed E-state index contributed by atoms with van der Waals surface area (Å²) in [5, 5.41) is 1.17. The fourth-order valence-electron chi connectivity index (χ4n) is 3.13. The summed E-state index contributed by atoms with van der Waals surface area (Å²) in [5.74, 6) is 0.0741. The Balaban J connectivity index is 1.50. The highest BCUT2D eigenvalue weighted by Crippen LogP contribution is 2.17. The number of carbonyl (C=O) groups is 1. The van der Waals surface area contributed by atoms with E-state index >= 15 is 0 Å². The molecule has 4 rings (SSSR count). The quantitative estimate of drug-likeness (QED) is 0.439. The summed E-state index contributed by atoms with van der Waals surface area (Å²) in [6, 6.07) is 19.4. The number of nitrogen functional groups attached to an aromatic ring is 1.